The average Bonchev–Trinajstić information content (AvgIpc) is 2.73. The van der Waals surface area contributed by atoms with Crippen molar-refractivity contribution in [2.45, 2.75) is 6.61 Å². The Hall–Kier alpha value is -3.82. The Kier molecular flexibility index (Phi) is 5.38. The molecule has 0 bridgehead atoms. The van der Waals surface area contributed by atoms with E-state index in [1.165, 1.54) is 18.5 Å². The molecule has 0 saturated carbocycles. The summed E-state index contributed by atoms with van der Waals surface area (Å²) in [5.74, 6) is 3.28. The van der Waals surface area contributed by atoms with Crippen molar-refractivity contribution in [1.82, 2.24) is 9.97 Å². The fourth-order valence-electron chi connectivity index (χ4n) is 2.96. The number of nitrogens with zero attached hydrogens (tertiary/aromatic N) is 2. The highest BCUT2D eigenvalue weighted by atomic mass is 35.5. The molecule has 148 valence electrons. The molecule has 1 heterocycles. The molecule has 3 N–H and O–H groups in total. The smallest absolute Gasteiger partial charge is 0.141 e. The van der Waals surface area contributed by atoms with Gasteiger partial charge in [0.15, 0.2) is 0 Å². The van der Waals surface area contributed by atoms with Crippen LogP contribution in [-0.4, -0.2) is 9.97 Å². The highest BCUT2D eigenvalue weighted by molar-refractivity contribution is 6.32. The molecule has 30 heavy (non-hydrogen) atoms. The summed E-state index contributed by atoms with van der Waals surface area (Å²) in [5.41, 5.74) is 9.16. The van der Waals surface area contributed by atoms with Crippen LogP contribution in [0, 0.1) is 18.2 Å². The van der Waals surface area contributed by atoms with Gasteiger partial charge in [0.25, 0.3) is 0 Å². The van der Waals surface area contributed by atoms with Gasteiger partial charge in [0.1, 0.15) is 30.3 Å². The van der Waals surface area contributed by atoms with E-state index in [1.807, 2.05) is 0 Å². The molecule has 7 heteroatoms. The molecule has 0 fully saturated rings. The maximum absolute atomic E-state index is 13.3. The lowest BCUT2D eigenvalue weighted by Gasteiger charge is -2.12. The van der Waals surface area contributed by atoms with E-state index in [0.717, 1.165) is 5.39 Å². The normalized spacial score (nSPS) is 10.6. The van der Waals surface area contributed by atoms with Crippen LogP contribution in [0.5, 0.6) is 5.75 Å². The first-order chi connectivity index (χ1) is 14.5. The number of ether oxygens (including phenoxy) is 1. The molecule has 0 radical (unpaired) electrons. The molecule has 5 nitrogen and oxygen atoms in total. The number of anilines is 3. The van der Waals surface area contributed by atoms with Crippen molar-refractivity contribution in [3.63, 3.8) is 0 Å². The van der Waals surface area contributed by atoms with Crippen LogP contribution in [0.2, 0.25) is 5.02 Å². The summed E-state index contributed by atoms with van der Waals surface area (Å²) >= 11 is 6.36. The Bertz CT molecular complexity index is 1290. The van der Waals surface area contributed by atoms with Crippen LogP contribution in [0.15, 0.2) is 60.9 Å². The molecule has 3 aromatic carbocycles. The van der Waals surface area contributed by atoms with E-state index in [1.54, 1.807) is 42.5 Å². The number of nitrogen functional groups attached to an aromatic ring is 1. The van der Waals surface area contributed by atoms with Crippen LogP contribution in [-0.2, 0) is 6.61 Å². The van der Waals surface area contributed by atoms with Gasteiger partial charge in [0.2, 0.25) is 0 Å². The lowest BCUT2D eigenvalue weighted by atomic mass is 10.1. The van der Waals surface area contributed by atoms with E-state index >= 15 is 0 Å². The minimum Gasteiger partial charge on any atom is -0.487 e. The van der Waals surface area contributed by atoms with Gasteiger partial charge < -0.3 is 15.8 Å². The number of terminal acetylenes is 1. The molecule has 0 saturated heterocycles. The van der Waals surface area contributed by atoms with Gasteiger partial charge in [-0.15, -0.1) is 6.42 Å². The van der Waals surface area contributed by atoms with E-state index in [2.05, 4.69) is 21.2 Å². The largest absolute Gasteiger partial charge is 0.487 e. The molecule has 0 atom stereocenters. The molecular weight excluding hydrogens is 403 g/mol. The van der Waals surface area contributed by atoms with Crippen molar-refractivity contribution in [2.24, 2.45) is 0 Å². The summed E-state index contributed by atoms with van der Waals surface area (Å²) < 4.78 is 19.0. The molecular formula is C23H16ClFN4O. The summed E-state index contributed by atoms with van der Waals surface area (Å²) in [7, 11) is 0. The van der Waals surface area contributed by atoms with Gasteiger partial charge in [0.05, 0.1) is 10.5 Å². The van der Waals surface area contributed by atoms with Crippen molar-refractivity contribution >= 4 is 39.7 Å². The first-order valence-electron chi connectivity index (χ1n) is 8.98. The molecule has 0 amide bonds. The summed E-state index contributed by atoms with van der Waals surface area (Å²) in [4.78, 5) is 8.55. The van der Waals surface area contributed by atoms with Crippen LogP contribution >= 0.6 is 11.6 Å². The third-order valence-corrected chi connectivity index (χ3v) is 4.74. The number of hydrogen-bond acceptors (Lipinski definition) is 5. The van der Waals surface area contributed by atoms with Crippen molar-refractivity contribution in [1.29, 1.82) is 0 Å². The minimum absolute atomic E-state index is 0.206. The van der Waals surface area contributed by atoms with E-state index in [0.29, 0.717) is 44.6 Å². The van der Waals surface area contributed by atoms with Crippen molar-refractivity contribution in [2.75, 3.05) is 11.1 Å². The van der Waals surface area contributed by atoms with Crippen molar-refractivity contribution in [3.05, 3.63) is 82.9 Å². The van der Waals surface area contributed by atoms with Crippen molar-refractivity contribution < 1.29 is 9.13 Å². The molecule has 0 aliphatic heterocycles. The molecule has 0 unspecified atom stereocenters. The Morgan fingerprint density at radius 3 is 2.77 bits per heavy atom. The van der Waals surface area contributed by atoms with Gasteiger partial charge in [-0.25, -0.2) is 14.4 Å². The number of nitrogens with two attached hydrogens (primary N) is 1. The fraction of sp³-hybridized carbons (Fsp3) is 0.0435. The van der Waals surface area contributed by atoms with E-state index in [4.69, 9.17) is 28.5 Å². The maximum atomic E-state index is 13.3. The highest BCUT2D eigenvalue weighted by Gasteiger charge is 2.10. The minimum atomic E-state index is -0.311. The summed E-state index contributed by atoms with van der Waals surface area (Å²) in [6, 6.07) is 15.0. The second kappa shape index (κ2) is 8.27. The average molecular weight is 419 g/mol. The number of nitrogens with one attached hydrogen (secondary N) is 1. The van der Waals surface area contributed by atoms with Crippen LogP contribution in [0.4, 0.5) is 21.6 Å². The van der Waals surface area contributed by atoms with Gasteiger partial charge in [-0.05, 0) is 48.0 Å². The molecule has 0 spiro atoms. The molecule has 4 aromatic rings. The lowest BCUT2D eigenvalue weighted by Crippen LogP contribution is -1.99. The van der Waals surface area contributed by atoms with Gasteiger partial charge in [0, 0.05) is 22.3 Å². The molecule has 0 aliphatic rings. The zero-order valence-corrected chi connectivity index (χ0v) is 16.4. The Balaban J connectivity index is 1.55. The monoisotopic (exact) mass is 418 g/mol. The predicted molar refractivity (Wildman–Crippen MR) is 117 cm³/mol. The number of benzene rings is 3. The quantitative estimate of drug-likeness (QED) is 0.339. The van der Waals surface area contributed by atoms with E-state index in [-0.39, 0.29) is 12.4 Å². The number of halogens is 2. The highest BCUT2D eigenvalue weighted by Crippen LogP contribution is 2.32. The first-order valence-corrected chi connectivity index (χ1v) is 9.36. The Morgan fingerprint density at radius 2 is 2.00 bits per heavy atom. The first kappa shape index (κ1) is 19.5. The van der Waals surface area contributed by atoms with Gasteiger partial charge >= 0.3 is 0 Å². The predicted octanol–water partition coefficient (Wildman–Crippen LogP) is 5.31. The Labute approximate surface area is 177 Å². The number of rotatable bonds is 5. The van der Waals surface area contributed by atoms with Gasteiger partial charge in [-0.1, -0.05) is 29.7 Å². The van der Waals surface area contributed by atoms with Gasteiger partial charge in [-0.2, -0.15) is 0 Å². The number of aromatic nitrogens is 2. The summed E-state index contributed by atoms with van der Waals surface area (Å²) in [6.45, 7) is 0.206. The molecule has 4 rings (SSSR count). The second-order valence-corrected chi connectivity index (χ2v) is 6.92. The standard InChI is InChI=1S/C23H16ClFN4O/c1-2-15-9-21-18(11-20(15)26)23(28-13-27-21)29-17-6-7-22(19(24)10-17)30-12-14-4-3-5-16(25)8-14/h1,3-11,13H,12,26H2,(H,27,28,29). The van der Waals surface area contributed by atoms with Crippen molar-refractivity contribution in [3.8, 4) is 18.1 Å². The second-order valence-electron chi connectivity index (χ2n) is 6.51. The molecule has 1 aromatic heterocycles. The summed E-state index contributed by atoms with van der Waals surface area (Å²) in [6.07, 6.45) is 6.91. The number of fused-ring (bicyclic) bond motifs is 1. The maximum Gasteiger partial charge on any atom is 0.141 e. The van der Waals surface area contributed by atoms with Gasteiger partial charge in [-0.3, -0.25) is 0 Å². The van der Waals surface area contributed by atoms with E-state index < -0.39 is 0 Å². The molecule has 0 aliphatic carbocycles. The lowest BCUT2D eigenvalue weighted by molar-refractivity contribution is 0.306. The summed E-state index contributed by atoms with van der Waals surface area (Å²) in [5, 5.41) is 4.35. The Morgan fingerprint density at radius 1 is 1.13 bits per heavy atom. The number of hydrogen-bond donors (Lipinski definition) is 2. The third kappa shape index (κ3) is 4.12. The van der Waals surface area contributed by atoms with E-state index in [9.17, 15) is 4.39 Å². The van der Waals surface area contributed by atoms with Crippen LogP contribution in [0.1, 0.15) is 11.1 Å². The zero-order valence-electron chi connectivity index (χ0n) is 15.7. The van der Waals surface area contributed by atoms with Crippen LogP contribution in [0.3, 0.4) is 0 Å². The third-order valence-electron chi connectivity index (χ3n) is 4.44. The fourth-order valence-corrected chi connectivity index (χ4v) is 3.20. The van der Waals surface area contributed by atoms with Crippen LogP contribution in [0.25, 0.3) is 10.9 Å². The topological polar surface area (TPSA) is 73.1 Å². The SMILES string of the molecule is C#Cc1cc2ncnc(Nc3ccc(OCc4cccc(F)c4)c(Cl)c3)c2cc1N. The zero-order chi connectivity index (χ0) is 21.1. The van der Waals surface area contributed by atoms with Crippen LogP contribution < -0.4 is 15.8 Å².